The minimum absolute atomic E-state index is 0.0799. The standard InChI is InChI=1S/C22H18ClF3N10/c1-12-9-34-10-13(15-6-18(27-8-16(15)24)30-19-3-4-28-33(19)2)5-17(34)20-31-32-21(36(12)20)22(25,26)35-11-14(23)7-29-35/h3-8,10-12H,9H2,1-2H3,(H,27,30)/t12-/m0/s1. The number of aromatic nitrogens is 9. The molecule has 0 fully saturated rings. The second-order valence-corrected chi connectivity index (χ2v) is 8.93. The smallest absolute Gasteiger partial charge is 0.342 e. The van der Waals surface area contributed by atoms with Crippen molar-refractivity contribution in [3.63, 3.8) is 0 Å². The van der Waals surface area contributed by atoms with E-state index in [9.17, 15) is 4.39 Å². The summed E-state index contributed by atoms with van der Waals surface area (Å²) in [5.74, 6) is 0.276. The number of alkyl halides is 2. The molecule has 1 N–H and O–H groups in total. The van der Waals surface area contributed by atoms with E-state index in [4.69, 9.17) is 11.6 Å². The van der Waals surface area contributed by atoms with Gasteiger partial charge in [0.1, 0.15) is 17.5 Å². The van der Waals surface area contributed by atoms with Gasteiger partial charge in [0.05, 0.1) is 41.5 Å². The summed E-state index contributed by atoms with van der Waals surface area (Å²) < 4.78 is 50.7. The van der Waals surface area contributed by atoms with Gasteiger partial charge in [0.25, 0.3) is 0 Å². The minimum Gasteiger partial charge on any atom is -0.342 e. The second kappa shape index (κ2) is 7.95. The van der Waals surface area contributed by atoms with E-state index >= 15 is 8.78 Å². The van der Waals surface area contributed by atoms with Crippen LogP contribution in [0.15, 0.2) is 49.2 Å². The summed E-state index contributed by atoms with van der Waals surface area (Å²) in [5, 5.41) is 18.8. The SMILES string of the molecule is C[C@H]1Cn2cc(-c3cc(Nc4ccnn4C)ncc3F)cc2-c2nnc(C(F)(F)n3cc(Cl)cn3)n21. The summed E-state index contributed by atoms with van der Waals surface area (Å²) in [7, 11) is 1.77. The maximum Gasteiger partial charge on any atom is 0.404 e. The van der Waals surface area contributed by atoms with Crippen LogP contribution < -0.4 is 5.32 Å². The van der Waals surface area contributed by atoms with Gasteiger partial charge in [-0.05, 0) is 19.1 Å². The summed E-state index contributed by atoms with van der Waals surface area (Å²) in [4.78, 5) is 4.11. The molecule has 6 rings (SSSR count). The van der Waals surface area contributed by atoms with Crippen LogP contribution in [0.3, 0.4) is 0 Å². The Hall–Kier alpha value is -4.13. The van der Waals surface area contributed by atoms with E-state index in [0.717, 1.165) is 18.6 Å². The van der Waals surface area contributed by atoms with Gasteiger partial charge < -0.3 is 9.88 Å². The fraction of sp³-hybridized carbons (Fsp3) is 0.227. The molecule has 5 aromatic heterocycles. The van der Waals surface area contributed by atoms with Gasteiger partial charge in [0, 0.05) is 37.0 Å². The predicted molar refractivity (Wildman–Crippen MR) is 124 cm³/mol. The average Bonchev–Trinajstić information content (AvgIpc) is 3.62. The van der Waals surface area contributed by atoms with E-state index in [-0.39, 0.29) is 10.8 Å². The van der Waals surface area contributed by atoms with Gasteiger partial charge in [0.15, 0.2) is 5.82 Å². The Kier molecular flexibility index (Phi) is 4.93. The van der Waals surface area contributed by atoms with E-state index in [1.807, 2.05) is 4.57 Å². The van der Waals surface area contributed by atoms with Gasteiger partial charge in [-0.1, -0.05) is 11.6 Å². The molecule has 5 aromatic rings. The first-order valence-corrected chi connectivity index (χ1v) is 11.3. The Balaban J connectivity index is 1.40. The Bertz CT molecular complexity index is 1600. The van der Waals surface area contributed by atoms with Crippen molar-refractivity contribution in [2.75, 3.05) is 5.32 Å². The molecule has 0 aliphatic carbocycles. The molecule has 184 valence electrons. The van der Waals surface area contributed by atoms with Crippen LogP contribution in [0.5, 0.6) is 0 Å². The minimum atomic E-state index is -3.58. The van der Waals surface area contributed by atoms with Crippen LogP contribution in [0.2, 0.25) is 5.02 Å². The van der Waals surface area contributed by atoms with Crippen molar-refractivity contribution in [3.8, 4) is 22.6 Å². The monoisotopic (exact) mass is 514 g/mol. The largest absolute Gasteiger partial charge is 0.404 e. The third-order valence-corrected chi connectivity index (χ3v) is 6.27. The number of aryl methyl sites for hydroxylation is 1. The summed E-state index contributed by atoms with van der Waals surface area (Å²) in [6.07, 6.45) is 6.68. The lowest BCUT2D eigenvalue weighted by atomic mass is 10.1. The van der Waals surface area contributed by atoms with Crippen LogP contribution in [-0.2, 0) is 19.6 Å². The number of pyridine rings is 1. The van der Waals surface area contributed by atoms with Crippen molar-refractivity contribution in [1.29, 1.82) is 0 Å². The van der Waals surface area contributed by atoms with Crippen molar-refractivity contribution in [2.24, 2.45) is 7.05 Å². The average molecular weight is 515 g/mol. The highest BCUT2D eigenvalue weighted by molar-refractivity contribution is 6.30. The Labute approximate surface area is 207 Å². The molecule has 10 nitrogen and oxygen atoms in total. The van der Waals surface area contributed by atoms with Crippen LogP contribution in [0.1, 0.15) is 18.8 Å². The van der Waals surface area contributed by atoms with Gasteiger partial charge in [-0.15, -0.1) is 10.2 Å². The first-order valence-electron chi connectivity index (χ1n) is 10.9. The number of halogens is 4. The van der Waals surface area contributed by atoms with Crippen molar-refractivity contribution in [3.05, 3.63) is 65.8 Å². The molecule has 0 saturated heterocycles. The molecule has 0 spiro atoms. The third-order valence-electron chi connectivity index (χ3n) is 6.07. The van der Waals surface area contributed by atoms with E-state index in [1.54, 1.807) is 49.2 Å². The highest BCUT2D eigenvalue weighted by Gasteiger charge is 2.44. The number of fused-ring (bicyclic) bond motifs is 3. The van der Waals surface area contributed by atoms with Crippen LogP contribution in [0.4, 0.5) is 24.8 Å². The van der Waals surface area contributed by atoms with E-state index in [2.05, 4.69) is 30.7 Å². The Morgan fingerprint density at radius 1 is 1.14 bits per heavy atom. The van der Waals surface area contributed by atoms with Gasteiger partial charge in [-0.2, -0.15) is 19.0 Å². The molecule has 0 radical (unpaired) electrons. The van der Waals surface area contributed by atoms with Crippen LogP contribution in [0.25, 0.3) is 22.6 Å². The van der Waals surface area contributed by atoms with Gasteiger partial charge in [-0.25, -0.2) is 14.1 Å². The number of hydrogen-bond acceptors (Lipinski definition) is 6. The van der Waals surface area contributed by atoms with Crippen LogP contribution in [0, 0.1) is 5.82 Å². The van der Waals surface area contributed by atoms with Crippen LogP contribution in [-0.4, -0.2) is 43.9 Å². The van der Waals surface area contributed by atoms with Gasteiger partial charge >= 0.3 is 6.05 Å². The number of anilines is 2. The van der Waals surface area contributed by atoms with E-state index in [1.165, 1.54) is 4.57 Å². The molecule has 0 bridgehead atoms. The fourth-order valence-electron chi connectivity index (χ4n) is 4.36. The number of hydrogen-bond donors (Lipinski definition) is 1. The normalized spacial score (nSPS) is 15.1. The zero-order valence-corrected chi connectivity index (χ0v) is 19.7. The number of rotatable bonds is 5. The third kappa shape index (κ3) is 3.46. The molecule has 0 amide bonds. The number of nitrogens with one attached hydrogen (secondary N) is 1. The Morgan fingerprint density at radius 2 is 1.97 bits per heavy atom. The zero-order valence-electron chi connectivity index (χ0n) is 18.9. The van der Waals surface area contributed by atoms with Gasteiger partial charge in [0.2, 0.25) is 5.82 Å². The summed E-state index contributed by atoms with van der Waals surface area (Å²) >= 11 is 5.79. The van der Waals surface area contributed by atoms with Crippen LogP contribution >= 0.6 is 11.6 Å². The van der Waals surface area contributed by atoms with Crippen molar-refractivity contribution in [2.45, 2.75) is 25.6 Å². The molecular weight excluding hydrogens is 497 g/mol. The lowest BCUT2D eigenvalue weighted by Gasteiger charge is -2.27. The zero-order chi connectivity index (χ0) is 25.2. The first kappa shape index (κ1) is 22.3. The highest BCUT2D eigenvalue weighted by atomic mass is 35.5. The maximum atomic E-state index is 15.3. The van der Waals surface area contributed by atoms with Gasteiger partial charge in [-0.3, -0.25) is 9.25 Å². The second-order valence-electron chi connectivity index (χ2n) is 8.49. The number of nitrogens with zero attached hydrogens (tertiary/aromatic N) is 9. The molecule has 6 heterocycles. The molecule has 1 aliphatic heterocycles. The quantitative estimate of drug-likeness (QED) is 0.372. The molecule has 1 atom stereocenters. The highest BCUT2D eigenvalue weighted by Crippen LogP contribution is 2.39. The fourth-order valence-corrected chi connectivity index (χ4v) is 4.50. The lowest BCUT2D eigenvalue weighted by Crippen LogP contribution is -2.32. The molecule has 0 saturated carbocycles. The van der Waals surface area contributed by atoms with Crippen molar-refractivity contribution in [1.82, 2.24) is 43.9 Å². The first-order chi connectivity index (χ1) is 17.2. The Morgan fingerprint density at radius 3 is 2.69 bits per heavy atom. The maximum absolute atomic E-state index is 15.3. The summed E-state index contributed by atoms with van der Waals surface area (Å²) in [5.41, 5.74) is 1.38. The van der Waals surface area contributed by atoms with Crippen molar-refractivity contribution < 1.29 is 13.2 Å². The van der Waals surface area contributed by atoms with E-state index in [0.29, 0.717) is 39.7 Å². The molecule has 36 heavy (non-hydrogen) atoms. The molecule has 1 aliphatic rings. The molecular formula is C22H18ClF3N10. The van der Waals surface area contributed by atoms with Crippen molar-refractivity contribution >= 4 is 23.2 Å². The summed E-state index contributed by atoms with van der Waals surface area (Å²) in [6.45, 7) is 2.14. The summed E-state index contributed by atoms with van der Waals surface area (Å²) in [6, 6.07) is 1.07. The molecule has 0 unspecified atom stereocenters. The predicted octanol–water partition coefficient (Wildman–Crippen LogP) is 4.45. The topological polar surface area (TPSA) is 96.2 Å². The molecule has 0 aromatic carbocycles. The lowest BCUT2D eigenvalue weighted by molar-refractivity contribution is -0.0610. The molecule has 14 heteroatoms. The van der Waals surface area contributed by atoms with E-state index < -0.39 is 23.7 Å².